The average Bonchev–Trinajstić information content (AvgIpc) is 2.80. The number of nitrogens with two attached hydrogens (primary N) is 1. The molecule has 2 heterocycles. The molecule has 0 saturated carbocycles. The molecule has 0 spiro atoms. The van der Waals surface area contributed by atoms with Gasteiger partial charge >= 0.3 is 0 Å². The van der Waals surface area contributed by atoms with Gasteiger partial charge in [0.2, 0.25) is 0 Å². The van der Waals surface area contributed by atoms with Crippen LogP contribution in [0.15, 0.2) is 17.0 Å². The highest BCUT2D eigenvalue weighted by molar-refractivity contribution is 7.08. The van der Waals surface area contributed by atoms with Crippen molar-refractivity contribution in [1.29, 1.82) is 0 Å². The lowest BCUT2D eigenvalue weighted by Crippen LogP contribution is -2.15. The average molecular weight is 276 g/mol. The Morgan fingerprint density at radius 1 is 1.26 bits per heavy atom. The number of methoxy groups -OCH3 is 1. The Labute approximate surface area is 118 Å². The molecule has 0 fully saturated rings. The number of aromatic nitrogens is 1. The van der Waals surface area contributed by atoms with Crippen molar-refractivity contribution in [2.75, 3.05) is 7.11 Å². The van der Waals surface area contributed by atoms with E-state index < -0.39 is 0 Å². The number of nitrogens with zero attached hydrogens (tertiary/aromatic N) is 1. The summed E-state index contributed by atoms with van der Waals surface area (Å²) in [7, 11) is 1.70. The molecule has 2 aromatic rings. The predicted octanol–water partition coefficient (Wildman–Crippen LogP) is 3.32. The van der Waals surface area contributed by atoms with Crippen LogP contribution in [0, 0.1) is 20.8 Å². The zero-order chi connectivity index (χ0) is 14.0. The Hall–Kier alpha value is -1.39. The summed E-state index contributed by atoms with van der Waals surface area (Å²) in [6.45, 7) is 6.15. The molecule has 0 amide bonds. The van der Waals surface area contributed by atoms with E-state index in [0.29, 0.717) is 0 Å². The molecule has 1 atom stereocenters. The Bertz CT molecular complexity index is 578. The summed E-state index contributed by atoms with van der Waals surface area (Å²) < 4.78 is 5.43. The van der Waals surface area contributed by atoms with Gasteiger partial charge in [-0.05, 0) is 42.7 Å². The van der Waals surface area contributed by atoms with E-state index >= 15 is 0 Å². The van der Waals surface area contributed by atoms with Crippen molar-refractivity contribution in [1.82, 2.24) is 4.98 Å². The third kappa shape index (κ3) is 2.80. The van der Waals surface area contributed by atoms with E-state index in [4.69, 9.17) is 10.5 Å². The lowest BCUT2D eigenvalue weighted by Gasteiger charge is -2.16. The van der Waals surface area contributed by atoms with E-state index in [1.807, 2.05) is 20.0 Å². The highest BCUT2D eigenvalue weighted by Crippen LogP contribution is 2.28. The highest BCUT2D eigenvalue weighted by Gasteiger charge is 2.15. The van der Waals surface area contributed by atoms with Gasteiger partial charge in [0.15, 0.2) is 0 Å². The molecule has 0 aliphatic rings. The zero-order valence-corrected chi connectivity index (χ0v) is 12.7. The maximum Gasteiger partial charge on any atom is 0.128 e. The minimum atomic E-state index is -0.00939. The molecule has 4 heteroatoms. The quantitative estimate of drug-likeness (QED) is 0.932. The molecular formula is C15H20N2OS. The summed E-state index contributed by atoms with van der Waals surface area (Å²) in [5, 5.41) is 4.26. The first-order valence-electron chi connectivity index (χ1n) is 6.32. The molecular weight excluding hydrogens is 256 g/mol. The first-order valence-corrected chi connectivity index (χ1v) is 7.26. The third-order valence-electron chi connectivity index (χ3n) is 3.46. The van der Waals surface area contributed by atoms with Crippen LogP contribution in [0.3, 0.4) is 0 Å². The largest absolute Gasteiger partial charge is 0.496 e. The SMILES string of the molecule is COc1c(C)cnc(CC(N)c2cscc2C)c1C. The molecule has 19 heavy (non-hydrogen) atoms. The topological polar surface area (TPSA) is 48.1 Å². The van der Waals surface area contributed by atoms with E-state index in [2.05, 4.69) is 22.7 Å². The van der Waals surface area contributed by atoms with Gasteiger partial charge in [-0.15, -0.1) is 0 Å². The van der Waals surface area contributed by atoms with Crippen molar-refractivity contribution in [3.05, 3.63) is 44.9 Å². The number of thiophene rings is 1. The fourth-order valence-corrected chi connectivity index (χ4v) is 3.26. The monoisotopic (exact) mass is 276 g/mol. The maximum atomic E-state index is 6.30. The Morgan fingerprint density at radius 3 is 2.58 bits per heavy atom. The van der Waals surface area contributed by atoms with Gasteiger partial charge in [0.1, 0.15) is 5.75 Å². The Balaban J connectivity index is 2.27. The first-order chi connectivity index (χ1) is 9.04. The Morgan fingerprint density at radius 2 is 2.00 bits per heavy atom. The van der Waals surface area contributed by atoms with E-state index in [9.17, 15) is 0 Å². The molecule has 102 valence electrons. The zero-order valence-electron chi connectivity index (χ0n) is 11.9. The van der Waals surface area contributed by atoms with Gasteiger partial charge in [-0.3, -0.25) is 4.98 Å². The number of hydrogen-bond acceptors (Lipinski definition) is 4. The van der Waals surface area contributed by atoms with E-state index in [1.54, 1.807) is 18.4 Å². The van der Waals surface area contributed by atoms with Crippen LogP contribution in [0.1, 0.15) is 34.0 Å². The molecule has 2 N–H and O–H groups in total. The highest BCUT2D eigenvalue weighted by atomic mass is 32.1. The number of ether oxygens (including phenoxy) is 1. The van der Waals surface area contributed by atoms with Crippen molar-refractivity contribution >= 4 is 11.3 Å². The molecule has 3 nitrogen and oxygen atoms in total. The van der Waals surface area contributed by atoms with Gasteiger partial charge < -0.3 is 10.5 Å². The molecule has 2 aromatic heterocycles. The second kappa shape index (κ2) is 5.72. The molecule has 0 aliphatic carbocycles. The van der Waals surface area contributed by atoms with Gasteiger partial charge in [0.25, 0.3) is 0 Å². The van der Waals surface area contributed by atoms with Crippen LogP contribution in [0.4, 0.5) is 0 Å². The molecule has 2 rings (SSSR count). The van der Waals surface area contributed by atoms with Crippen molar-refractivity contribution in [2.24, 2.45) is 5.73 Å². The normalized spacial score (nSPS) is 12.5. The van der Waals surface area contributed by atoms with Gasteiger partial charge in [-0.1, -0.05) is 0 Å². The van der Waals surface area contributed by atoms with Gasteiger partial charge in [0.05, 0.1) is 7.11 Å². The number of pyridine rings is 1. The molecule has 0 bridgehead atoms. The summed E-state index contributed by atoms with van der Waals surface area (Å²) in [4.78, 5) is 4.51. The fourth-order valence-electron chi connectivity index (χ4n) is 2.35. The van der Waals surface area contributed by atoms with Crippen molar-refractivity contribution in [2.45, 2.75) is 33.2 Å². The van der Waals surface area contributed by atoms with Crippen molar-refractivity contribution < 1.29 is 4.74 Å². The second-order valence-corrected chi connectivity index (χ2v) is 5.61. The van der Waals surface area contributed by atoms with Crippen molar-refractivity contribution in [3.63, 3.8) is 0 Å². The molecule has 1 unspecified atom stereocenters. The van der Waals surface area contributed by atoms with Gasteiger partial charge in [-0.25, -0.2) is 0 Å². The molecule has 0 saturated heterocycles. The number of rotatable bonds is 4. The van der Waals surface area contributed by atoms with Crippen LogP contribution in [0.25, 0.3) is 0 Å². The number of hydrogen-bond donors (Lipinski definition) is 1. The predicted molar refractivity (Wildman–Crippen MR) is 80.0 cm³/mol. The minimum Gasteiger partial charge on any atom is -0.496 e. The van der Waals surface area contributed by atoms with Crippen LogP contribution >= 0.6 is 11.3 Å². The summed E-state index contributed by atoms with van der Waals surface area (Å²) in [6.07, 6.45) is 2.59. The standard InChI is InChI=1S/C15H20N2OS/c1-9-6-17-14(11(3)15(9)18-4)5-13(16)12-8-19-7-10(12)2/h6-8,13H,5,16H2,1-4H3. The summed E-state index contributed by atoms with van der Waals surface area (Å²) in [5.41, 5.74) is 11.9. The fraction of sp³-hybridized carbons (Fsp3) is 0.400. The lowest BCUT2D eigenvalue weighted by atomic mass is 9.99. The third-order valence-corrected chi connectivity index (χ3v) is 4.34. The molecule has 0 radical (unpaired) electrons. The molecule has 0 aromatic carbocycles. The van der Waals surface area contributed by atoms with Gasteiger partial charge in [-0.2, -0.15) is 11.3 Å². The summed E-state index contributed by atoms with van der Waals surface area (Å²) in [5.74, 6) is 0.916. The Kier molecular flexibility index (Phi) is 4.22. The second-order valence-electron chi connectivity index (χ2n) is 4.87. The van der Waals surface area contributed by atoms with E-state index in [0.717, 1.165) is 29.0 Å². The van der Waals surface area contributed by atoms with Crippen LogP contribution in [-0.2, 0) is 6.42 Å². The van der Waals surface area contributed by atoms with Crippen LogP contribution < -0.4 is 10.5 Å². The van der Waals surface area contributed by atoms with Crippen LogP contribution in [0.2, 0.25) is 0 Å². The van der Waals surface area contributed by atoms with E-state index in [-0.39, 0.29) is 6.04 Å². The summed E-state index contributed by atoms with van der Waals surface area (Å²) >= 11 is 1.69. The van der Waals surface area contributed by atoms with Crippen LogP contribution in [0.5, 0.6) is 5.75 Å². The minimum absolute atomic E-state index is 0.00939. The molecule has 0 aliphatic heterocycles. The summed E-state index contributed by atoms with van der Waals surface area (Å²) in [6, 6.07) is -0.00939. The van der Waals surface area contributed by atoms with Crippen molar-refractivity contribution in [3.8, 4) is 5.75 Å². The van der Waals surface area contributed by atoms with Gasteiger partial charge in [0, 0.05) is 35.5 Å². The number of aryl methyl sites for hydroxylation is 2. The maximum absolute atomic E-state index is 6.30. The first kappa shape index (κ1) is 14.0. The lowest BCUT2D eigenvalue weighted by molar-refractivity contribution is 0.406. The van der Waals surface area contributed by atoms with Crippen LogP contribution in [-0.4, -0.2) is 12.1 Å². The van der Waals surface area contributed by atoms with E-state index in [1.165, 1.54) is 11.1 Å². The smallest absolute Gasteiger partial charge is 0.128 e.